The molecule has 1 unspecified atom stereocenters. The monoisotopic (exact) mass is 497 g/mol. The number of H-pyrrole nitrogens is 1. The van der Waals surface area contributed by atoms with Gasteiger partial charge in [0.05, 0.1) is 17.7 Å². The number of fused-ring (bicyclic) bond motifs is 3. The Bertz CT molecular complexity index is 1680. The second-order valence-electron chi connectivity index (χ2n) is 8.84. The van der Waals surface area contributed by atoms with E-state index in [9.17, 15) is 24.2 Å². The topological polar surface area (TPSA) is 128 Å². The fourth-order valence-corrected chi connectivity index (χ4v) is 4.63. The van der Waals surface area contributed by atoms with Gasteiger partial charge in [0.15, 0.2) is 0 Å². The van der Waals surface area contributed by atoms with Gasteiger partial charge in [0.1, 0.15) is 11.9 Å². The van der Waals surface area contributed by atoms with E-state index in [1.54, 1.807) is 24.3 Å². The van der Waals surface area contributed by atoms with E-state index in [1.165, 1.54) is 24.3 Å². The lowest BCUT2D eigenvalue weighted by molar-refractivity contribution is 0.0957. The number of nitrogens with two attached hydrogens (primary N) is 1. The molecule has 0 saturated heterocycles. The van der Waals surface area contributed by atoms with Crippen molar-refractivity contribution in [2.75, 3.05) is 11.9 Å². The number of aromatic amines is 1. The Morgan fingerprint density at radius 3 is 2.49 bits per heavy atom. The summed E-state index contributed by atoms with van der Waals surface area (Å²) < 4.78 is 13.3. The minimum atomic E-state index is -1.03. The van der Waals surface area contributed by atoms with Gasteiger partial charge in [0.25, 0.3) is 11.8 Å². The molecule has 7 nitrogen and oxygen atoms in total. The molecule has 0 radical (unpaired) electrons. The minimum absolute atomic E-state index is 0.317. The Balaban J connectivity index is 1.66. The molecule has 5 aromatic rings. The standard InChI is InChI=1S/C29H24FN3O4/c1-15-19(3-2-4-23(15)33-29(37)16-5-8-18(30)9-6-16)20-11-12-22(28(31)36)27-26(20)21-10-7-17(25(35)14-34)13-24(21)32-27/h2-13,25,32,34-35H,14H2,1H3,(H2,31,36)(H,33,37). The van der Waals surface area contributed by atoms with Crippen LogP contribution in [0.25, 0.3) is 32.9 Å². The van der Waals surface area contributed by atoms with Gasteiger partial charge in [-0.05, 0) is 71.6 Å². The highest BCUT2D eigenvalue weighted by Crippen LogP contribution is 2.39. The lowest BCUT2D eigenvalue weighted by Crippen LogP contribution is -2.13. The van der Waals surface area contributed by atoms with Crippen LogP contribution in [0.1, 0.15) is 37.9 Å². The summed E-state index contributed by atoms with van der Waals surface area (Å²) in [6.45, 7) is 1.47. The van der Waals surface area contributed by atoms with E-state index in [0.29, 0.717) is 33.4 Å². The van der Waals surface area contributed by atoms with E-state index in [1.807, 2.05) is 31.2 Å². The Morgan fingerprint density at radius 1 is 1.03 bits per heavy atom. The van der Waals surface area contributed by atoms with Crippen molar-refractivity contribution in [3.05, 3.63) is 101 Å². The van der Waals surface area contributed by atoms with Crippen molar-refractivity contribution in [2.24, 2.45) is 5.73 Å². The first-order valence-corrected chi connectivity index (χ1v) is 11.6. The van der Waals surface area contributed by atoms with Gasteiger partial charge in [-0.2, -0.15) is 0 Å². The van der Waals surface area contributed by atoms with Crippen LogP contribution >= 0.6 is 0 Å². The molecule has 186 valence electrons. The summed E-state index contributed by atoms with van der Waals surface area (Å²) in [5, 5.41) is 23.9. The predicted octanol–water partition coefficient (Wildman–Crippen LogP) is 4.81. The largest absolute Gasteiger partial charge is 0.393 e. The number of primary amides is 1. The van der Waals surface area contributed by atoms with Crippen molar-refractivity contribution in [1.82, 2.24) is 4.98 Å². The summed E-state index contributed by atoms with van der Waals surface area (Å²) >= 11 is 0. The zero-order valence-corrected chi connectivity index (χ0v) is 19.9. The van der Waals surface area contributed by atoms with Crippen LogP contribution in [0.4, 0.5) is 10.1 Å². The zero-order chi connectivity index (χ0) is 26.3. The molecule has 5 rings (SSSR count). The molecule has 1 aromatic heterocycles. The Morgan fingerprint density at radius 2 is 1.78 bits per heavy atom. The lowest BCUT2D eigenvalue weighted by atomic mass is 9.93. The number of nitrogens with one attached hydrogen (secondary N) is 2. The van der Waals surface area contributed by atoms with E-state index >= 15 is 0 Å². The number of hydrogen-bond donors (Lipinski definition) is 5. The number of aliphatic hydroxyl groups excluding tert-OH is 2. The minimum Gasteiger partial charge on any atom is -0.393 e. The van der Waals surface area contributed by atoms with Crippen LogP contribution in [0, 0.1) is 12.7 Å². The van der Waals surface area contributed by atoms with Crippen molar-refractivity contribution in [3.63, 3.8) is 0 Å². The number of amides is 2. The average Bonchev–Trinajstić information content (AvgIpc) is 3.28. The highest BCUT2D eigenvalue weighted by atomic mass is 19.1. The van der Waals surface area contributed by atoms with E-state index in [2.05, 4.69) is 10.3 Å². The summed E-state index contributed by atoms with van der Waals surface area (Å²) in [4.78, 5) is 28.2. The molecule has 1 atom stereocenters. The molecule has 4 aromatic carbocycles. The normalized spacial score (nSPS) is 12.1. The van der Waals surface area contributed by atoms with Crippen LogP contribution in [0.2, 0.25) is 0 Å². The maximum atomic E-state index is 13.3. The summed E-state index contributed by atoms with van der Waals surface area (Å²) in [6.07, 6.45) is -1.03. The van der Waals surface area contributed by atoms with Gasteiger partial charge in [0.2, 0.25) is 0 Å². The van der Waals surface area contributed by atoms with Gasteiger partial charge in [-0.25, -0.2) is 4.39 Å². The fraction of sp³-hybridized carbons (Fsp3) is 0.103. The van der Waals surface area contributed by atoms with Crippen LogP contribution in [-0.4, -0.2) is 33.6 Å². The quantitative estimate of drug-likeness (QED) is 0.231. The molecule has 0 spiro atoms. The Hall–Kier alpha value is -4.53. The number of rotatable bonds is 6. The summed E-state index contributed by atoms with van der Waals surface area (Å²) in [5.74, 6) is -1.37. The van der Waals surface area contributed by atoms with Gasteiger partial charge < -0.3 is 26.2 Å². The van der Waals surface area contributed by atoms with Gasteiger partial charge in [0, 0.05) is 27.5 Å². The van der Waals surface area contributed by atoms with Crippen molar-refractivity contribution >= 4 is 39.3 Å². The zero-order valence-electron chi connectivity index (χ0n) is 19.9. The summed E-state index contributed by atoms with van der Waals surface area (Å²) in [5.41, 5.74) is 11.1. The number of halogens is 1. The molecule has 37 heavy (non-hydrogen) atoms. The van der Waals surface area contributed by atoms with Crippen LogP contribution < -0.4 is 11.1 Å². The Labute approximate surface area is 211 Å². The highest BCUT2D eigenvalue weighted by Gasteiger charge is 2.19. The lowest BCUT2D eigenvalue weighted by Gasteiger charge is -2.15. The molecule has 0 fully saturated rings. The second kappa shape index (κ2) is 9.50. The molecule has 0 aliphatic carbocycles. The Kier molecular flexibility index (Phi) is 6.20. The van der Waals surface area contributed by atoms with Crippen LogP contribution in [0.3, 0.4) is 0 Å². The van der Waals surface area contributed by atoms with Crippen molar-refractivity contribution in [1.29, 1.82) is 0 Å². The van der Waals surface area contributed by atoms with E-state index in [0.717, 1.165) is 27.5 Å². The third-order valence-electron chi connectivity index (χ3n) is 6.58. The first kappa shape index (κ1) is 24.2. The molecular weight excluding hydrogens is 473 g/mol. The second-order valence-corrected chi connectivity index (χ2v) is 8.84. The summed E-state index contributed by atoms with van der Waals surface area (Å²) in [7, 11) is 0. The van der Waals surface area contributed by atoms with Crippen LogP contribution in [0.5, 0.6) is 0 Å². The first-order valence-electron chi connectivity index (χ1n) is 11.6. The van der Waals surface area contributed by atoms with Crippen molar-refractivity contribution < 1.29 is 24.2 Å². The van der Waals surface area contributed by atoms with Gasteiger partial charge in [-0.3, -0.25) is 9.59 Å². The van der Waals surface area contributed by atoms with Gasteiger partial charge in [-0.1, -0.05) is 30.3 Å². The molecule has 1 heterocycles. The number of aliphatic hydroxyl groups is 2. The van der Waals surface area contributed by atoms with Crippen LogP contribution in [-0.2, 0) is 0 Å². The smallest absolute Gasteiger partial charge is 0.255 e. The summed E-state index contributed by atoms with van der Waals surface area (Å²) in [6, 6.07) is 19.6. The number of anilines is 1. The molecule has 2 amide bonds. The third-order valence-corrected chi connectivity index (χ3v) is 6.58. The molecule has 0 aliphatic heterocycles. The van der Waals surface area contributed by atoms with Crippen LogP contribution in [0.15, 0.2) is 72.8 Å². The van der Waals surface area contributed by atoms with E-state index < -0.39 is 24.4 Å². The molecule has 6 N–H and O–H groups in total. The molecular formula is C29H24FN3O4. The first-order chi connectivity index (χ1) is 17.8. The van der Waals surface area contributed by atoms with Crippen molar-refractivity contribution in [3.8, 4) is 11.1 Å². The number of carbonyl (C=O) groups excluding carboxylic acids is 2. The fourth-order valence-electron chi connectivity index (χ4n) is 4.63. The third kappa shape index (κ3) is 4.33. The molecule has 0 saturated carbocycles. The average molecular weight is 498 g/mol. The molecule has 8 heteroatoms. The predicted molar refractivity (Wildman–Crippen MR) is 141 cm³/mol. The SMILES string of the molecule is Cc1c(NC(=O)c2ccc(F)cc2)cccc1-c1ccc(C(N)=O)c2[nH]c3cc(C(O)CO)ccc3c12. The molecule has 0 bridgehead atoms. The number of hydrogen-bond acceptors (Lipinski definition) is 4. The molecule has 0 aliphatic rings. The number of aromatic nitrogens is 1. The van der Waals surface area contributed by atoms with Crippen molar-refractivity contribution in [2.45, 2.75) is 13.0 Å². The van der Waals surface area contributed by atoms with E-state index in [4.69, 9.17) is 5.73 Å². The van der Waals surface area contributed by atoms with E-state index in [-0.39, 0.29) is 5.91 Å². The van der Waals surface area contributed by atoms with Gasteiger partial charge in [-0.15, -0.1) is 0 Å². The maximum Gasteiger partial charge on any atom is 0.255 e. The maximum absolute atomic E-state index is 13.3. The van der Waals surface area contributed by atoms with Gasteiger partial charge >= 0.3 is 0 Å². The number of carbonyl (C=O) groups is 2. The number of benzene rings is 4. The highest BCUT2D eigenvalue weighted by molar-refractivity contribution is 6.20.